The van der Waals surface area contributed by atoms with Gasteiger partial charge in [-0.1, -0.05) is 18.2 Å². The molecule has 0 spiro atoms. The topological polar surface area (TPSA) is 81.1 Å². The molecule has 112 valence electrons. The summed E-state index contributed by atoms with van der Waals surface area (Å²) >= 11 is 0. The van der Waals surface area contributed by atoms with Gasteiger partial charge in [0.25, 0.3) is 5.91 Å². The van der Waals surface area contributed by atoms with Crippen LogP contribution >= 0.6 is 0 Å². The molecule has 0 saturated carbocycles. The fraction of sp³-hybridized carbons (Fsp3) is 0.429. The Morgan fingerprint density at radius 3 is 2.62 bits per heavy atom. The SMILES string of the molecule is CN(CC(=O)N1CCCC1B(O)O)C(=O)c1ccccc1. The highest BCUT2D eigenvalue weighted by atomic mass is 16.4. The van der Waals surface area contributed by atoms with Crippen molar-refractivity contribution in [3.63, 3.8) is 0 Å². The number of likely N-dealkylation sites (tertiary alicyclic amines) is 1. The molecule has 1 aliphatic rings. The smallest absolute Gasteiger partial charge is 0.426 e. The van der Waals surface area contributed by atoms with Crippen LogP contribution in [-0.4, -0.2) is 64.9 Å². The molecule has 1 unspecified atom stereocenters. The van der Waals surface area contributed by atoms with E-state index in [1.54, 1.807) is 31.3 Å². The molecule has 1 fully saturated rings. The Hall–Kier alpha value is -1.86. The predicted molar refractivity (Wildman–Crippen MR) is 78.3 cm³/mol. The lowest BCUT2D eigenvalue weighted by Gasteiger charge is -2.26. The molecular formula is C14H19BN2O4. The van der Waals surface area contributed by atoms with Crippen LogP contribution in [0.25, 0.3) is 0 Å². The first-order valence-corrected chi connectivity index (χ1v) is 6.97. The third-order valence-corrected chi connectivity index (χ3v) is 3.70. The van der Waals surface area contributed by atoms with E-state index in [1.165, 1.54) is 9.80 Å². The van der Waals surface area contributed by atoms with E-state index in [1.807, 2.05) is 6.07 Å². The number of amides is 2. The lowest BCUT2D eigenvalue weighted by atomic mass is 9.78. The van der Waals surface area contributed by atoms with Crippen molar-refractivity contribution >= 4 is 18.9 Å². The summed E-state index contributed by atoms with van der Waals surface area (Å²) in [5.41, 5.74) is 0.521. The van der Waals surface area contributed by atoms with Crippen LogP contribution in [0.3, 0.4) is 0 Å². The molecule has 0 bridgehead atoms. The van der Waals surface area contributed by atoms with Gasteiger partial charge in [-0.3, -0.25) is 9.59 Å². The Morgan fingerprint density at radius 2 is 2.00 bits per heavy atom. The van der Waals surface area contributed by atoms with E-state index < -0.39 is 13.1 Å². The summed E-state index contributed by atoms with van der Waals surface area (Å²) in [6.45, 7) is 0.422. The van der Waals surface area contributed by atoms with Gasteiger partial charge in [0.2, 0.25) is 5.91 Å². The number of rotatable bonds is 4. The van der Waals surface area contributed by atoms with Crippen LogP contribution in [0.5, 0.6) is 0 Å². The van der Waals surface area contributed by atoms with Gasteiger partial charge in [-0.05, 0) is 25.0 Å². The molecule has 1 atom stereocenters. The number of hydrogen-bond donors (Lipinski definition) is 2. The van der Waals surface area contributed by atoms with E-state index in [0.717, 1.165) is 6.42 Å². The van der Waals surface area contributed by atoms with Crippen LogP contribution in [0.4, 0.5) is 0 Å². The van der Waals surface area contributed by atoms with E-state index in [4.69, 9.17) is 0 Å². The van der Waals surface area contributed by atoms with Crippen LogP contribution < -0.4 is 0 Å². The summed E-state index contributed by atoms with van der Waals surface area (Å²) in [6, 6.07) is 8.74. The molecule has 1 heterocycles. The third kappa shape index (κ3) is 3.62. The molecule has 21 heavy (non-hydrogen) atoms. The van der Waals surface area contributed by atoms with E-state index in [0.29, 0.717) is 18.5 Å². The largest absolute Gasteiger partial charge is 0.475 e. The van der Waals surface area contributed by atoms with Crippen molar-refractivity contribution in [3.05, 3.63) is 35.9 Å². The predicted octanol–water partition coefficient (Wildman–Crippen LogP) is -0.238. The highest BCUT2D eigenvalue weighted by molar-refractivity contribution is 6.43. The molecule has 2 N–H and O–H groups in total. The Balaban J connectivity index is 1.97. The van der Waals surface area contributed by atoms with Crippen LogP contribution in [0.15, 0.2) is 30.3 Å². The molecular weight excluding hydrogens is 271 g/mol. The number of hydrogen-bond acceptors (Lipinski definition) is 4. The van der Waals surface area contributed by atoms with Crippen molar-refractivity contribution in [2.75, 3.05) is 20.1 Å². The van der Waals surface area contributed by atoms with Gasteiger partial charge in [-0.25, -0.2) is 0 Å². The summed E-state index contributed by atoms with van der Waals surface area (Å²) < 4.78 is 0. The molecule has 7 heteroatoms. The van der Waals surface area contributed by atoms with Crippen molar-refractivity contribution in [2.24, 2.45) is 0 Å². The zero-order valence-corrected chi connectivity index (χ0v) is 12.0. The molecule has 0 aliphatic carbocycles. The fourth-order valence-corrected chi connectivity index (χ4v) is 2.58. The third-order valence-electron chi connectivity index (χ3n) is 3.70. The van der Waals surface area contributed by atoms with E-state index in [2.05, 4.69) is 0 Å². The van der Waals surface area contributed by atoms with Gasteiger partial charge in [0, 0.05) is 19.2 Å². The van der Waals surface area contributed by atoms with Crippen molar-refractivity contribution in [2.45, 2.75) is 18.8 Å². The van der Waals surface area contributed by atoms with Crippen molar-refractivity contribution in [3.8, 4) is 0 Å². The van der Waals surface area contributed by atoms with Gasteiger partial charge in [-0.2, -0.15) is 0 Å². The molecule has 1 aromatic rings. The Kier molecular flexibility index (Phi) is 4.98. The standard InChI is InChI=1S/C14H19BN2O4/c1-16(14(19)11-6-3-2-4-7-11)10-13(18)17-9-5-8-12(17)15(20)21/h2-4,6-7,12,20-21H,5,8-10H2,1H3. The molecule has 1 saturated heterocycles. The minimum Gasteiger partial charge on any atom is -0.426 e. The first-order chi connectivity index (χ1) is 10.0. The Morgan fingerprint density at radius 1 is 1.33 bits per heavy atom. The maximum Gasteiger partial charge on any atom is 0.475 e. The summed E-state index contributed by atoms with van der Waals surface area (Å²) in [5.74, 6) is -1.07. The highest BCUT2D eigenvalue weighted by Crippen LogP contribution is 2.18. The average molecular weight is 290 g/mol. The maximum absolute atomic E-state index is 12.2. The van der Waals surface area contributed by atoms with Crippen molar-refractivity contribution in [1.82, 2.24) is 9.80 Å². The molecule has 6 nitrogen and oxygen atoms in total. The Bertz CT molecular complexity index is 509. The number of likely N-dealkylation sites (N-methyl/N-ethyl adjacent to an activating group) is 1. The van der Waals surface area contributed by atoms with E-state index in [-0.39, 0.29) is 18.4 Å². The second-order valence-corrected chi connectivity index (χ2v) is 5.24. The van der Waals surface area contributed by atoms with Gasteiger partial charge in [0.15, 0.2) is 0 Å². The number of carbonyl (C=O) groups is 2. The van der Waals surface area contributed by atoms with Crippen LogP contribution in [-0.2, 0) is 4.79 Å². The summed E-state index contributed by atoms with van der Waals surface area (Å²) in [7, 11) is 0.0276. The lowest BCUT2D eigenvalue weighted by molar-refractivity contribution is -0.131. The average Bonchev–Trinajstić information content (AvgIpc) is 2.97. The van der Waals surface area contributed by atoms with Gasteiger partial charge >= 0.3 is 7.12 Å². The monoisotopic (exact) mass is 290 g/mol. The molecule has 1 aromatic carbocycles. The molecule has 0 aromatic heterocycles. The van der Waals surface area contributed by atoms with Crippen molar-refractivity contribution < 1.29 is 19.6 Å². The van der Waals surface area contributed by atoms with Crippen molar-refractivity contribution in [1.29, 1.82) is 0 Å². The first kappa shape index (κ1) is 15.5. The molecule has 0 radical (unpaired) electrons. The summed E-state index contributed by atoms with van der Waals surface area (Å²) in [4.78, 5) is 27.2. The number of benzene rings is 1. The van der Waals surface area contributed by atoms with Gasteiger partial charge in [0.1, 0.15) is 0 Å². The van der Waals surface area contributed by atoms with Gasteiger partial charge < -0.3 is 19.8 Å². The zero-order chi connectivity index (χ0) is 15.4. The lowest BCUT2D eigenvalue weighted by Crippen LogP contribution is -2.49. The summed E-state index contributed by atoms with van der Waals surface area (Å²) in [5, 5.41) is 18.5. The van der Waals surface area contributed by atoms with Crippen LogP contribution in [0.1, 0.15) is 23.2 Å². The Labute approximate surface area is 124 Å². The molecule has 2 rings (SSSR count). The van der Waals surface area contributed by atoms with Crippen LogP contribution in [0.2, 0.25) is 0 Å². The van der Waals surface area contributed by atoms with E-state index >= 15 is 0 Å². The number of nitrogens with zero attached hydrogens (tertiary/aromatic N) is 2. The van der Waals surface area contributed by atoms with Gasteiger partial charge in [0.05, 0.1) is 12.5 Å². The number of carbonyl (C=O) groups excluding carboxylic acids is 2. The second kappa shape index (κ2) is 6.73. The zero-order valence-electron chi connectivity index (χ0n) is 12.0. The quantitative estimate of drug-likeness (QED) is 0.750. The molecule has 2 amide bonds. The summed E-state index contributed by atoms with van der Waals surface area (Å²) in [6.07, 6.45) is 1.31. The van der Waals surface area contributed by atoms with Gasteiger partial charge in [-0.15, -0.1) is 0 Å². The normalized spacial score (nSPS) is 17.7. The first-order valence-electron chi connectivity index (χ1n) is 6.97. The highest BCUT2D eigenvalue weighted by Gasteiger charge is 2.37. The maximum atomic E-state index is 12.2. The molecule has 1 aliphatic heterocycles. The van der Waals surface area contributed by atoms with E-state index in [9.17, 15) is 19.6 Å². The fourth-order valence-electron chi connectivity index (χ4n) is 2.58. The second-order valence-electron chi connectivity index (χ2n) is 5.24. The van der Waals surface area contributed by atoms with Crippen LogP contribution in [0, 0.1) is 0 Å². The minimum absolute atomic E-state index is 0.0725. The minimum atomic E-state index is -1.54.